The Bertz CT molecular complexity index is 899. The first-order chi connectivity index (χ1) is 13.8. The molecule has 2 fully saturated rings. The van der Waals surface area contributed by atoms with Gasteiger partial charge in [0.2, 0.25) is 23.6 Å². The molecule has 3 aliphatic rings. The zero-order valence-electron chi connectivity index (χ0n) is 16.0. The van der Waals surface area contributed by atoms with E-state index in [-0.39, 0.29) is 60.9 Å². The Hall–Kier alpha value is -2.48. The minimum atomic E-state index is -0.432. The summed E-state index contributed by atoms with van der Waals surface area (Å²) >= 11 is 3.37. The van der Waals surface area contributed by atoms with Crippen LogP contribution in [0.3, 0.4) is 0 Å². The summed E-state index contributed by atoms with van der Waals surface area (Å²) in [6, 6.07) is 5.60. The minimum absolute atomic E-state index is 0.0961. The fourth-order valence-corrected chi connectivity index (χ4v) is 4.94. The second kappa shape index (κ2) is 7.74. The van der Waals surface area contributed by atoms with Crippen LogP contribution >= 0.6 is 15.9 Å². The number of rotatable bonds is 6. The predicted molar refractivity (Wildman–Crippen MR) is 110 cm³/mol. The third-order valence-electron chi connectivity index (χ3n) is 6.01. The molecule has 1 aromatic rings. The first-order valence-corrected chi connectivity index (χ1v) is 10.5. The molecule has 4 unspecified atom stereocenters. The highest BCUT2D eigenvalue weighted by atomic mass is 79.9. The molecule has 4 amide bonds. The summed E-state index contributed by atoms with van der Waals surface area (Å²) in [7, 11) is 0. The van der Waals surface area contributed by atoms with E-state index in [0.717, 1.165) is 21.4 Å². The SMILES string of the molecule is Cc1ccc(Br)cc1NC(=O)CCNC(=O)CN1C(=O)C2C3C=CC(C3)C2C1=O. The van der Waals surface area contributed by atoms with Crippen LogP contribution < -0.4 is 10.6 Å². The van der Waals surface area contributed by atoms with Gasteiger partial charge in [-0.2, -0.15) is 0 Å². The number of amides is 4. The lowest BCUT2D eigenvalue weighted by atomic mass is 9.85. The molecule has 4 rings (SSSR count). The van der Waals surface area contributed by atoms with Crippen molar-refractivity contribution in [2.45, 2.75) is 19.8 Å². The van der Waals surface area contributed by atoms with Crippen LogP contribution in [0.5, 0.6) is 0 Å². The molecule has 2 N–H and O–H groups in total. The van der Waals surface area contributed by atoms with E-state index < -0.39 is 5.91 Å². The van der Waals surface area contributed by atoms with Crippen molar-refractivity contribution in [1.82, 2.24) is 10.2 Å². The van der Waals surface area contributed by atoms with E-state index in [4.69, 9.17) is 0 Å². The molecule has 152 valence electrons. The van der Waals surface area contributed by atoms with Crippen molar-refractivity contribution in [1.29, 1.82) is 0 Å². The molecular formula is C21H22BrN3O4. The van der Waals surface area contributed by atoms with E-state index in [1.54, 1.807) is 0 Å². The number of imide groups is 1. The van der Waals surface area contributed by atoms with Gasteiger partial charge in [-0.05, 0) is 42.9 Å². The maximum absolute atomic E-state index is 12.6. The van der Waals surface area contributed by atoms with Crippen molar-refractivity contribution in [2.24, 2.45) is 23.7 Å². The Kier molecular flexibility index (Phi) is 5.29. The summed E-state index contributed by atoms with van der Waals surface area (Å²) in [4.78, 5) is 50.6. The Labute approximate surface area is 177 Å². The van der Waals surface area contributed by atoms with Crippen molar-refractivity contribution in [2.75, 3.05) is 18.4 Å². The van der Waals surface area contributed by atoms with Gasteiger partial charge in [0, 0.05) is 23.1 Å². The highest BCUT2D eigenvalue weighted by molar-refractivity contribution is 9.10. The maximum atomic E-state index is 12.6. The topological polar surface area (TPSA) is 95.6 Å². The van der Waals surface area contributed by atoms with Crippen molar-refractivity contribution in [3.8, 4) is 0 Å². The van der Waals surface area contributed by atoms with Gasteiger partial charge in [-0.3, -0.25) is 24.1 Å². The summed E-state index contributed by atoms with van der Waals surface area (Å²) in [5, 5.41) is 5.44. The van der Waals surface area contributed by atoms with Gasteiger partial charge in [0.15, 0.2) is 0 Å². The van der Waals surface area contributed by atoms with Crippen LogP contribution in [0, 0.1) is 30.6 Å². The van der Waals surface area contributed by atoms with Crippen LogP contribution in [0.4, 0.5) is 5.69 Å². The molecule has 1 aliphatic heterocycles. The average Bonchev–Trinajstić information content (AvgIpc) is 3.35. The molecule has 1 saturated heterocycles. The largest absolute Gasteiger partial charge is 0.354 e. The summed E-state index contributed by atoms with van der Waals surface area (Å²) in [5.74, 6) is -1.49. The molecule has 7 nitrogen and oxygen atoms in total. The molecule has 0 spiro atoms. The summed E-state index contributed by atoms with van der Waals surface area (Å²) in [6.07, 6.45) is 5.00. The van der Waals surface area contributed by atoms with Crippen LogP contribution in [0.2, 0.25) is 0 Å². The van der Waals surface area contributed by atoms with Gasteiger partial charge < -0.3 is 10.6 Å². The normalized spacial score (nSPS) is 26.8. The van der Waals surface area contributed by atoms with Gasteiger partial charge in [-0.15, -0.1) is 0 Å². The number of nitrogens with zero attached hydrogens (tertiary/aromatic N) is 1. The van der Waals surface area contributed by atoms with Crippen LogP contribution in [0.1, 0.15) is 18.4 Å². The van der Waals surface area contributed by atoms with E-state index in [0.29, 0.717) is 5.69 Å². The molecule has 2 bridgehead atoms. The molecule has 1 saturated carbocycles. The van der Waals surface area contributed by atoms with Crippen LogP contribution in [0.25, 0.3) is 0 Å². The molecule has 1 aromatic carbocycles. The molecular weight excluding hydrogens is 438 g/mol. The Balaban J connectivity index is 1.25. The minimum Gasteiger partial charge on any atom is -0.354 e. The Morgan fingerprint density at radius 2 is 1.76 bits per heavy atom. The average molecular weight is 460 g/mol. The van der Waals surface area contributed by atoms with Gasteiger partial charge in [0.05, 0.1) is 11.8 Å². The van der Waals surface area contributed by atoms with Gasteiger partial charge in [-0.1, -0.05) is 34.1 Å². The fraction of sp³-hybridized carbons (Fsp3) is 0.429. The first-order valence-electron chi connectivity index (χ1n) is 9.71. The highest BCUT2D eigenvalue weighted by Crippen LogP contribution is 2.52. The number of likely N-dealkylation sites (tertiary alicyclic amines) is 1. The Morgan fingerprint density at radius 3 is 2.41 bits per heavy atom. The van der Waals surface area contributed by atoms with E-state index in [1.165, 1.54) is 0 Å². The molecule has 0 radical (unpaired) electrons. The fourth-order valence-electron chi connectivity index (χ4n) is 4.58. The van der Waals surface area contributed by atoms with Crippen molar-refractivity contribution in [3.63, 3.8) is 0 Å². The molecule has 0 aromatic heterocycles. The van der Waals surface area contributed by atoms with E-state index in [9.17, 15) is 19.2 Å². The number of aryl methyl sites for hydroxylation is 1. The zero-order valence-corrected chi connectivity index (χ0v) is 17.6. The number of benzene rings is 1. The van der Waals surface area contributed by atoms with Crippen LogP contribution in [-0.2, 0) is 19.2 Å². The molecule has 2 aliphatic carbocycles. The number of hydrogen-bond donors (Lipinski definition) is 2. The maximum Gasteiger partial charge on any atom is 0.240 e. The van der Waals surface area contributed by atoms with Crippen molar-refractivity contribution in [3.05, 3.63) is 40.4 Å². The number of hydrogen-bond acceptors (Lipinski definition) is 4. The second-order valence-electron chi connectivity index (χ2n) is 7.87. The van der Waals surface area contributed by atoms with Gasteiger partial charge >= 0.3 is 0 Å². The summed E-state index contributed by atoms with van der Waals surface area (Å²) in [6.45, 7) is 1.75. The highest BCUT2D eigenvalue weighted by Gasteiger charge is 2.59. The van der Waals surface area contributed by atoms with E-state index in [1.807, 2.05) is 37.3 Å². The van der Waals surface area contributed by atoms with Crippen molar-refractivity contribution < 1.29 is 19.2 Å². The van der Waals surface area contributed by atoms with Gasteiger partial charge in [0.25, 0.3) is 0 Å². The predicted octanol–water partition coefficient (Wildman–Crippen LogP) is 2.01. The van der Waals surface area contributed by atoms with Gasteiger partial charge in [0.1, 0.15) is 6.54 Å². The molecule has 1 heterocycles. The lowest BCUT2D eigenvalue weighted by Gasteiger charge is -2.16. The molecule has 29 heavy (non-hydrogen) atoms. The number of fused-ring (bicyclic) bond motifs is 5. The number of anilines is 1. The van der Waals surface area contributed by atoms with Crippen molar-refractivity contribution >= 4 is 45.2 Å². The molecule has 8 heteroatoms. The second-order valence-corrected chi connectivity index (χ2v) is 8.79. The Morgan fingerprint density at radius 1 is 1.10 bits per heavy atom. The first kappa shape index (κ1) is 19.8. The third-order valence-corrected chi connectivity index (χ3v) is 6.50. The lowest BCUT2D eigenvalue weighted by molar-refractivity contribution is -0.144. The number of allylic oxidation sites excluding steroid dienone is 2. The van der Waals surface area contributed by atoms with Crippen LogP contribution in [0.15, 0.2) is 34.8 Å². The smallest absolute Gasteiger partial charge is 0.240 e. The van der Waals surface area contributed by atoms with Crippen LogP contribution in [-0.4, -0.2) is 41.6 Å². The number of carbonyl (C=O) groups excluding carboxylic acids is 4. The number of nitrogens with one attached hydrogen (secondary N) is 2. The van der Waals surface area contributed by atoms with E-state index >= 15 is 0 Å². The molecule has 4 atom stereocenters. The van der Waals surface area contributed by atoms with E-state index in [2.05, 4.69) is 26.6 Å². The monoisotopic (exact) mass is 459 g/mol. The summed E-state index contributed by atoms with van der Waals surface area (Å²) < 4.78 is 0.861. The standard InChI is InChI=1S/C21H22BrN3O4/c1-11-2-5-14(22)9-15(11)24-16(26)6-7-23-17(27)10-25-20(28)18-12-3-4-13(8-12)19(18)21(25)29/h2-5,9,12-13,18-19H,6-8,10H2,1H3,(H,23,27)(H,24,26). The lowest BCUT2D eigenvalue weighted by Crippen LogP contribution is -2.42. The number of carbonyl (C=O) groups is 4. The summed E-state index contributed by atoms with van der Waals surface area (Å²) in [5.41, 5.74) is 1.64. The quantitative estimate of drug-likeness (QED) is 0.502. The number of halogens is 1. The third kappa shape index (κ3) is 3.73. The van der Waals surface area contributed by atoms with Gasteiger partial charge in [-0.25, -0.2) is 0 Å². The zero-order chi connectivity index (χ0) is 20.7.